The third kappa shape index (κ3) is 22.0. The Kier molecular flexibility index (Phi) is 21.2. The highest BCUT2D eigenvalue weighted by Crippen LogP contribution is 2.17. The van der Waals surface area contributed by atoms with Gasteiger partial charge in [-0.1, -0.05) is 24.3 Å². The largest absolute Gasteiger partial charge is 0.508 e. The summed E-state index contributed by atoms with van der Waals surface area (Å²) in [5.41, 5.74) is 54.2. The zero-order valence-electron chi connectivity index (χ0n) is 31.1. The lowest BCUT2D eigenvalue weighted by atomic mass is 9.94. The fourth-order valence-electron chi connectivity index (χ4n) is 3.93. The minimum absolute atomic E-state index is 0.0738. The molecule has 1 aliphatic rings. The standard InChI is InChI=1S/C10H16N2O2.C7H12N2.C6H8N2.2C6H7NO.C5H7N3/c11-9-1-3-10(4-2-9)12(5-7-13)6-8-14;1-7(9)4-2-6(8)3-5-7;7-5-1-2-6(8)4-3-5;7-5-1-3-6(8)4-2-5;7-5-3-1-2-4-6(5)8;6-4-1-2-5(7)8-3-4/h1-4,13-14H,5-8,11H2;2-4H,5,8-9H2,1H3;1-4H,7-8H2;2*1-4,8H,7H2;1-3H,6H2,(H2,7,8). The Morgan fingerprint density at radius 2 is 1.07 bits per heavy atom. The number of phenolic OH excluding ortho intramolecular Hbond substituents is 2. The van der Waals surface area contributed by atoms with Crippen molar-refractivity contribution in [3.05, 3.63) is 139 Å². The van der Waals surface area contributed by atoms with Crippen molar-refractivity contribution in [3.63, 3.8) is 0 Å². The van der Waals surface area contributed by atoms with Crippen molar-refractivity contribution in [2.75, 3.05) is 71.3 Å². The molecule has 1 atom stereocenters. The summed E-state index contributed by atoms with van der Waals surface area (Å²) in [5.74, 6) is 0.894. The maximum atomic E-state index is 8.83. The van der Waals surface area contributed by atoms with Gasteiger partial charge in [0.05, 0.1) is 30.8 Å². The number of allylic oxidation sites excluding steroid dienone is 1. The first kappa shape index (κ1) is 46.2. The van der Waals surface area contributed by atoms with Crippen LogP contribution in [-0.2, 0) is 0 Å². The normalized spacial score (nSPS) is 13.4. The van der Waals surface area contributed by atoms with E-state index in [9.17, 15) is 0 Å². The van der Waals surface area contributed by atoms with Gasteiger partial charge in [0.25, 0.3) is 0 Å². The van der Waals surface area contributed by atoms with E-state index in [1.165, 1.54) is 6.20 Å². The lowest BCUT2D eigenvalue weighted by Crippen LogP contribution is -2.34. The van der Waals surface area contributed by atoms with Gasteiger partial charge in [-0.3, -0.25) is 0 Å². The number of nitrogen functional groups attached to an aromatic ring is 7. The number of phenols is 2. The van der Waals surface area contributed by atoms with Crippen molar-refractivity contribution in [3.8, 4) is 11.5 Å². The van der Waals surface area contributed by atoms with Crippen LogP contribution >= 0.6 is 0 Å². The number of aliphatic hydroxyl groups is 2. The van der Waals surface area contributed by atoms with E-state index in [1.54, 1.807) is 97.1 Å². The summed E-state index contributed by atoms with van der Waals surface area (Å²) in [5, 5.41) is 35.2. The van der Waals surface area contributed by atoms with Crippen molar-refractivity contribution in [1.29, 1.82) is 0 Å². The third-order valence-electron chi connectivity index (χ3n) is 7.01. The van der Waals surface area contributed by atoms with Crippen LogP contribution in [0.4, 0.5) is 45.6 Å². The summed E-state index contributed by atoms with van der Waals surface area (Å²) >= 11 is 0. The van der Waals surface area contributed by atoms with E-state index in [4.69, 9.17) is 72.0 Å². The van der Waals surface area contributed by atoms with Gasteiger partial charge >= 0.3 is 0 Å². The number of hydrogen-bond acceptors (Lipinski definition) is 15. The van der Waals surface area contributed by atoms with Crippen LogP contribution in [0.5, 0.6) is 11.5 Å². The zero-order valence-corrected chi connectivity index (χ0v) is 31.1. The molecule has 6 rings (SSSR count). The number of rotatable bonds is 5. The Morgan fingerprint density at radius 1 is 0.618 bits per heavy atom. The summed E-state index contributed by atoms with van der Waals surface area (Å²) in [6.45, 7) is 3.16. The van der Waals surface area contributed by atoms with E-state index in [0.717, 1.165) is 29.2 Å². The number of nitrogens with zero attached hydrogens (tertiary/aromatic N) is 2. The van der Waals surface area contributed by atoms with Crippen molar-refractivity contribution in [2.45, 2.75) is 18.9 Å². The monoisotopic (exact) mass is 755 g/mol. The Balaban J connectivity index is 0.000000335. The first-order valence-electron chi connectivity index (χ1n) is 17.0. The number of hydrogen-bond donors (Lipinski definition) is 13. The van der Waals surface area contributed by atoms with Crippen molar-refractivity contribution in [2.24, 2.45) is 11.5 Å². The summed E-state index contributed by atoms with van der Waals surface area (Å²) < 4.78 is 0. The number of anilines is 8. The number of pyridine rings is 1. The molecule has 0 radical (unpaired) electrons. The number of benzene rings is 4. The molecule has 5 aromatic rings. The number of aromatic hydroxyl groups is 2. The Bertz CT molecular complexity index is 1630. The highest BCUT2D eigenvalue weighted by atomic mass is 16.3. The first-order valence-corrected chi connectivity index (χ1v) is 17.0. The second kappa shape index (κ2) is 25.2. The molecule has 0 spiro atoms. The number of para-hydroxylation sites is 2. The van der Waals surface area contributed by atoms with E-state index in [-0.39, 0.29) is 30.3 Å². The van der Waals surface area contributed by atoms with Crippen LogP contribution in [0.1, 0.15) is 13.3 Å². The molecule has 0 amide bonds. The van der Waals surface area contributed by atoms with Gasteiger partial charge < -0.3 is 76.9 Å². The van der Waals surface area contributed by atoms with Gasteiger partial charge in [0.1, 0.15) is 17.3 Å². The Hall–Kier alpha value is -6.81. The summed E-state index contributed by atoms with van der Waals surface area (Å²) in [7, 11) is 0. The molecule has 296 valence electrons. The van der Waals surface area contributed by atoms with Crippen LogP contribution in [0.3, 0.4) is 0 Å². The maximum absolute atomic E-state index is 8.83. The molecule has 15 nitrogen and oxygen atoms in total. The molecule has 0 saturated carbocycles. The van der Waals surface area contributed by atoms with Crippen LogP contribution in [0.2, 0.25) is 0 Å². The van der Waals surface area contributed by atoms with Gasteiger partial charge in [-0.05, 0) is 116 Å². The lowest BCUT2D eigenvalue weighted by Gasteiger charge is -2.22. The maximum Gasteiger partial charge on any atom is 0.138 e. The van der Waals surface area contributed by atoms with E-state index in [1.807, 2.05) is 42.2 Å². The number of aliphatic hydroxyl groups excluding tert-OH is 2. The second-order valence-corrected chi connectivity index (χ2v) is 12.1. The average Bonchev–Trinajstić information content (AvgIpc) is 3.16. The van der Waals surface area contributed by atoms with Gasteiger partial charge in [-0.25, -0.2) is 4.98 Å². The lowest BCUT2D eigenvalue weighted by molar-refractivity contribution is 0.281. The van der Waals surface area contributed by atoms with Crippen LogP contribution < -0.4 is 56.5 Å². The predicted octanol–water partition coefficient (Wildman–Crippen LogP) is 3.61. The molecule has 15 heteroatoms. The van der Waals surface area contributed by atoms with Gasteiger partial charge in [-0.15, -0.1) is 0 Å². The fraction of sp³-hybridized carbons (Fsp3) is 0.175. The SMILES string of the molecule is CC1(N)C=CC(N)=CC1.Nc1ccc(N(CCO)CCO)cc1.Nc1ccc(N)cc1.Nc1ccc(N)nc1.Nc1ccc(O)cc1.Nc1ccccc1O. The fourth-order valence-corrected chi connectivity index (χ4v) is 3.93. The molecule has 22 N–H and O–H groups in total. The molecule has 0 fully saturated rings. The van der Waals surface area contributed by atoms with E-state index in [0.29, 0.717) is 41.7 Å². The number of aromatic nitrogens is 1. The van der Waals surface area contributed by atoms with E-state index >= 15 is 0 Å². The topological polar surface area (TPSA) is 331 Å². The minimum Gasteiger partial charge on any atom is -0.508 e. The minimum atomic E-state index is -0.178. The number of nitrogens with two attached hydrogens (primary N) is 9. The van der Waals surface area contributed by atoms with Gasteiger partial charge in [0.15, 0.2) is 0 Å². The smallest absolute Gasteiger partial charge is 0.138 e. The van der Waals surface area contributed by atoms with Crippen LogP contribution in [-0.4, -0.2) is 57.3 Å². The van der Waals surface area contributed by atoms with Crippen molar-refractivity contribution in [1.82, 2.24) is 4.98 Å². The second-order valence-electron chi connectivity index (χ2n) is 12.1. The molecule has 4 aromatic carbocycles. The molecule has 1 aliphatic carbocycles. The molecular formula is C40H57N11O4. The Labute approximate surface area is 323 Å². The van der Waals surface area contributed by atoms with Crippen LogP contribution in [0, 0.1) is 0 Å². The summed E-state index contributed by atoms with van der Waals surface area (Å²) in [4.78, 5) is 5.63. The molecule has 1 aromatic heterocycles. The van der Waals surface area contributed by atoms with Gasteiger partial charge in [0, 0.05) is 52.8 Å². The quantitative estimate of drug-likeness (QED) is 0.0692. The summed E-state index contributed by atoms with van der Waals surface area (Å²) in [6, 6.07) is 30.9. The molecule has 55 heavy (non-hydrogen) atoms. The zero-order chi connectivity index (χ0) is 41.2. The van der Waals surface area contributed by atoms with Crippen molar-refractivity contribution < 1.29 is 20.4 Å². The molecule has 1 heterocycles. The predicted molar refractivity (Wildman–Crippen MR) is 229 cm³/mol. The highest BCUT2D eigenvalue weighted by Gasteiger charge is 2.14. The van der Waals surface area contributed by atoms with Gasteiger partial charge in [0.2, 0.25) is 0 Å². The van der Waals surface area contributed by atoms with Crippen LogP contribution in [0.25, 0.3) is 0 Å². The van der Waals surface area contributed by atoms with E-state index < -0.39 is 0 Å². The average molecular weight is 756 g/mol. The summed E-state index contributed by atoms with van der Waals surface area (Å²) in [6.07, 6.45) is 8.09. The highest BCUT2D eigenvalue weighted by molar-refractivity contribution is 5.53. The molecular weight excluding hydrogens is 699 g/mol. The van der Waals surface area contributed by atoms with E-state index in [2.05, 4.69) is 4.98 Å². The molecule has 1 unspecified atom stereocenters. The molecule has 0 aliphatic heterocycles. The third-order valence-corrected chi connectivity index (χ3v) is 7.01. The molecule has 0 bridgehead atoms. The van der Waals surface area contributed by atoms with Crippen molar-refractivity contribution >= 4 is 45.6 Å². The van der Waals surface area contributed by atoms with Crippen LogP contribution in [0.15, 0.2) is 139 Å². The van der Waals surface area contributed by atoms with Gasteiger partial charge in [-0.2, -0.15) is 0 Å². The Morgan fingerprint density at radius 3 is 1.40 bits per heavy atom. The molecule has 0 saturated heterocycles. The first-order chi connectivity index (χ1) is 26.0.